The molecule has 0 aliphatic rings. The van der Waals surface area contributed by atoms with Crippen LogP contribution in [0.25, 0.3) is 0 Å². The zero-order valence-corrected chi connectivity index (χ0v) is 44.0. The van der Waals surface area contributed by atoms with Crippen molar-refractivity contribution in [1.29, 1.82) is 0 Å². The van der Waals surface area contributed by atoms with E-state index in [1.165, 1.54) is 173 Å². The lowest BCUT2D eigenvalue weighted by Gasteiger charge is -2.18. The maximum Gasteiger partial charge on any atom is 0.306 e. The van der Waals surface area contributed by atoms with Crippen molar-refractivity contribution >= 4 is 11.9 Å². The Bertz CT molecular complexity index is 1180. The van der Waals surface area contributed by atoms with E-state index < -0.39 is 6.10 Å². The number of carbonyl (C=O) groups excluding carboxylic acids is 2. The van der Waals surface area contributed by atoms with Gasteiger partial charge in [-0.3, -0.25) is 9.59 Å². The lowest BCUT2D eigenvalue weighted by atomic mass is 10.0. The first kappa shape index (κ1) is 63.3. The summed E-state index contributed by atoms with van der Waals surface area (Å²) >= 11 is 0. The normalized spacial score (nSPS) is 12.7. The minimum atomic E-state index is -0.434. The fraction of sp³-hybridized carbons (Fsp3) is 0.770. The van der Waals surface area contributed by atoms with Crippen LogP contribution in [0.2, 0.25) is 0 Å². The molecule has 0 aliphatic heterocycles. The molecule has 0 aliphatic carbocycles. The average Bonchev–Trinajstić information content (AvgIpc) is 3.32. The molecule has 0 heterocycles. The summed E-state index contributed by atoms with van der Waals surface area (Å²) in [6.45, 7) is 7.64. The van der Waals surface area contributed by atoms with Crippen molar-refractivity contribution in [1.82, 2.24) is 0 Å². The Balaban J connectivity index is 4.37. The van der Waals surface area contributed by atoms with Crippen molar-refractivity contribution in [2.24, 2.45) is 0 Å². The smallest absolute Gasteiger partial charge is 0.306 e. The summed E-state index contributed by atoms with van der Waals surface area (Å²) in [5.41, 5.74) is 0. The van der Waals surface area contributed by atoms with Crippen LogP contribution in [-0.2, 0) is 23.8 Å². The second-order valence-corrected chi connectivity index (χ2v) is 18.8. The zero-order valence-electron chi connectivity index (χ0n) is 44.0. The maximum absolute atomic E-state index is 12.6. The van der Waals surface area contributed by atoms with E-state index in [2.05, 4.69) is 87.6 Å². The van der Waals surface area contributed by atoms with Crippen LogP contribution < -0.4 is 0 Å². The SMILES string of the molecule is CCCCC/C=C\C/C=C\C/C=C\C/C=C\C/C=C\CCC(=O)OC[C@H](COC(=O)CCCCCCC/C=C\CCCCCCCC)OCCCCCCCCCCCCCCCCCC. The Morgan fingerprint density at radius 2 is 0.606 bits per heavy atom. The van der Waals surface area contributed by atoms with Gasteiger partial charge in [0.2, 0.25) is 0 Å². The summed E-state index contributed by atoms with van der Waals surface area (Å²) < 4.78 is 17.4. The topological polar surface area (TPSA) is 61.8 Å². The molecule has 1 atom stereocenters. The van der Waals surface area contributed by atoms with Gasteiger partial charge in [0.25, 0.3) is 0 Å². The van der Waals surface area contributed by atoms with E-state index in [9.17, 15) is 9.59 Å². The number of unbranched alkanes of at least 4 members (excludes halogenated alkanes) is 29. The lowest BCUT2D eigenvalue weighted by Crippen LogP contribution is -2.29. The van der Waals surface area contributed by atoms with Crippen LogP contribution in [0, 0.1) is 0 Å². The molecule has 0 amide bonds. The Kier molecular flexibility index (Phi) is 54.4. The molecular formula is C61H108O5. The number of hydrogen-bond acceptors (Lipinski definition) is 5. The van der Waals surface area contributed by atoms with Gasteiger partial charge in [-0.05, 0) is 83.5 Å². The van der Waals surface area contributed by atoms with Crippen LogP contribution in [0.15, 0.2) is 72.9 Å². The molecule has 382 valence electrons. The standard InChI is InChI=1S/C61H108O5/c1-4-7-10-13-16-19-22-25-28-30-31-32-34-37-40-43-46-49-52-55-61(63)66-58-59(64-56-53-50-47-44-41-38-35-29-26-23-20-17-14-11-8-5-2)57-65-60(62)54-51-48-45-42-39-36-33-27-24-21-18-15-12-9-6-3/h16,19,25,27-28,31-33,37,40,46,49,59H,4-15,17-18,20-24,26,29-30,34-36,38-39,41-45,47-48,50-58H2,1-3H3/b19-16-,28-25-,32-31-,33-27-,40-37-,49-46-/t59-/m0/s1. The molecule has 0 aromatic heterocycles. The van der Waals surface area contributed by atoms with E-state index >= 15 is 0 Å². The van der Waals surface area contributed by atoms with Crippen LogP contribution in [0.3, 0.4) is 0 Å². The van der Waals surface area contributed by atoms with Crippen molar-refractivity contribution in [3.63, 3.8) is 0 Å². The van der Waals surface area contributed by atoms with Crippen LogP contribution in [-0.4, -0.2) is 37.9 Å². The van der Waals surface area contributed by atoms with Gasteiger partial charge in [-0.1, -0.05) is 254 Å². The number of hydrogen-bond donors (Lipinski definition) is 0. The first-order chi connectivity index (χ1) is 32.6. The van der Waals surface area contributed by atoms with Crippen molar-refractivity contribution in [2.75, 3.05) is 19.8 Å². The Morgan fingerprint density at radius 3 is 1.03 bits per heavy atom. The largest absolute Gasteiger partial charge is 0.463 e. The maximum atomic E-state index is 12.6. The number of allylic oxidation sites excluding steroid dienone is 12. The molecule has 5 nitrogen and oxygen atoms in total. The number of rotatable bonds is 52. The molecule has 0 radical (unpaired) electrons. The average molecular weight is 922 g/mol. The van der Waals surface area contributed by atoms with Gasteiger partial charge in [0.05, 0.1) is 0 Å². The van der Waals surface area contributed by atoms with Gasteiger partial charge >= 0.3 is 11.9 Å². The lowest BCUT2D eigenvalue weighted by molar-refractivity contribution is -0.155. The van der Waals surface area contributed by atoms with Gasteiger partial charge in [0.15, 0.2) is 0 Å². The zero-order chi connectivity index (χ0) is 47.7. The highest BCUT2D eigenvalue weighted by Crippen LogP contribution is 2.15. The second kappa shape index (κ2) is 56.7. The molecule has 0 saturated heterocycles. The molecule has 66 heavy (non-hydrogen) atoms. The molecule has 0 spiro atoms. The number of ether oxygens (including phenoxy) is 3. The quantitative estimate of drug-likeness (QED) is 0.0346. The Labute approximate surface area is 410 Å². The fourth-order valence-electron chi connectivity index (χ4n) is 7.93. The molecule has 0 bridgehead atoms. The highest BCUT2D eigenvalue weighted by atomic mass is 16.6. The van der Waals surface area contributed by atoms with E-state index in [0.29, 0.717) is 25.9 Å². The number of esters is 2. The van der Waals surface area contributed by atoms with Gasteiger partial charge in [-0.25, -0.2) is 0 Å². The summed E-state index contributed by atoms with van der Waals surface area (Å²) in [4.78, 5) is 25.3. The highest BCUT2D eigenvalue weighted by molar-refractivity contribution is 5.70. The molecule has 0 unspecified atom stereocenters. The molecule has 0 rings (SSSR count). The number of carbonyl (C=O) groups is 2. The summed E-state index contributed by atoms with van der Waals surface area (Å²) in [6, 6.07) is 0. The van der Waals surface area contributed by atoms with Gasteiger partial charge in [-0.2, -0.15) is 0 Å². The first-order valence-corrected chi connectivity index (χ1v) is 28.5. The summed E-state index contributed by atoms with van der Waals surface area (Å²) in [5.74, 6) is -0.428. The summed E-state index contributed by atoms with van der Waals surface area (Å²) in [5, 5.41) is 0. The molecule has 0 N–H and O–H groups in total. The molecule has 0 saturated carbocycles. The predicted molar refractivity (Wildman–Crippen MR) is 288 cm³/mol. The van der Waals surface area contributed by atoms with Crippen LogP contribution in [0.5, 0.6) is 0 Å². The third kappa shape index (κ3) is 54.0. The minimum Gasteiger partial charge on any atom is -0.463 e. The highest BCUT2D eigenvalue weighted by Gasteiger charge is 2.16. The predicted octanol–water partition coefficient (Wildman–Crippen LogP) is 19.5. The Morgan fingerprint density at radius 1 is 0.318 bits per heavy atom. The second-order valence-electron chi connectivity index (χ2n) is 18.8. The molecule has 0 fully saturated rings. The van der Waals surface area contributed by atoms with Crippen LogP contribution in [0.4, 0.5) is 0 Å². The van der Waals surface area contributed by atoms with E-state index in [4.69, 9.17) is 14.2 Å². The monoisotopic (exact) mass is 921 g/mol. The van der Waals surface area contributed by atoms with Gasteiger partial charge in [0, 0.05) is 19.4 Å². The molecular weight excluding hydrogens is 813 g/mol. The minimum absolute atomic E-state index is 0.115. The molecule has 0 aromatic rings. The Hall–Kier alpha value is -2.66. The van der Waals surface area contributed by atoms with Gasteiger partial charge in [0.1, 0.15) is 19.3 Å². The van der Waals surface area contributed by atoms with E-state index in [0.717, 1.165) is 64.2 Å². The van der Waals surface area contributed by atoms with Crippen molar-refractivity contribution in [3.05, 3.63) is 72.9 Å². The van der Waals surface area contributed by atoms with Crippen molar-refractivity contribution in [3.8, 4) is 0 Å². The third-order valence-electron chi connectivity index (χ3n) is 12.3. The van der Waals surface area contributed by atoms with Crippen molar-refractivity contribution in [2.45, 2.75) is 284 Å². The van der Waals surface area contributed by atoms with Gasteiger partial charge < -0.3 is 14.2 Å². The first-order valence-electron chi connectivity index (χ1n) is 28.5. The van der Waals surface area contributed by atoms with E-state index in [-0.39, 0.29) is 25.2 Å². The summed E-state index contributed by atoms with van der Waals surface area (Å²) in [7, 11) is 0. The molecule has 5 heteroatoms. The summed E-state index contributed by atoms with van der Waals surface area (Å²) in [6.07, 6.45) is 73.8. The third-order valence-corrected chi connectivity index (χ3v) is 12.3. The molecule has 0 aromatic carbocycles. The van der Waals surface area contributed by atoms with Crippen LogP contribution >= 0.6 is 0 Å². The van der Waals surface area contributed by atoms with Gasteiger partial charge in [-0.15, -0.1) is 0 Å². The van der Waals surface area contributed by atoms with E-state index in [1.807, 2.05) is 6.08 Å². The van der Waals surface area contributed by atoms with Crippen molar-refractivity contribution < 1.29 is 23.8 Å². The van der Waals surface area contributed by atoms with Crippen LogP contribution in [0.1, 0.15) is 278 Å². The fourth-order valence-corrected chi connectivity index (χ4v) is 7.93. The van der Waals surface area contributed by atoms with E-state index in [1.54, 1.807) is 0 Å².